The van der Waals surface area contributed by atoms with Crippen LogP contribution in [0.15, 0.2) is 59.5 Å². The minimum atomic E-state index is -3.81. The highest BCUT2D eigenvalue weighted by Crippen LogP contribution is 2.24. The lowest BCUT2D eigenvalue weighted by atomic mass is 10.1. The quantitative estimate of drug-likeness (QED) is 0.465. The fourth-order valence-electron chi connectivity index (χ4n) is 3.96. The fourth-order valence-corrected chi connectivity index (χ4v) is 5.69. The molecule has 2 heterocycles. The van der Waals surface area contributed by atoms with Gasteiger partial charge >= 0.3 is 0 Å². The van der Waals surface area contributed by atoms with Gasteiger partial charge in [0.2, 0.25) is 15.9 Å². The maximum Gasteiger partial charge on any atom is 0.242 e. The highest BCUT2D eigenvalue weighted by Gasteiger charge is 2.25. The summed E-state index contributed by atoms with van der Waals surface area (Å²) < 4.78 is 30.3. The number of thioether (sulfide) groups is 1. The first-order chi connectivity index (χ1) is 16.5. The summed E-state index contributed by atoms with van der Waals surface area (Å²) in [6.45, 7) is 0.912. The molecule has 0 bridgehead atoms. The molecule has 0 saturated heterocycles. The normalized spacial score (nSPS) is 14.7. The molecule has 1 atom stereocenters. The summed E-state index contributed by atoms with van der Waals surface area (Å²) in [5.41, 5.74) is 1.53. The van der Waals surface area contributed by atoms with Crippen LogP contribution in [0, 0.1) is 0 Å². The third kappa shape index (κ3) is 5.86. The third-order valence-electron chi connectivity index (χ3n) is 5.80. The van der Waals surface area contributed by atoms with Crippen molar-refractivity contribution in [1.82, 2.24) is 19.5 Å². The van der Waals surface area contributed by atoms with Crippen LogP contribution in [0.5, 0.6) is 0 Å². The Morgan fingerprint density at radius 3 is 2.56 bits per heavy atom. The summed E-state index contributed by atoms with van der Waals surface area (Å²) in [6.07, 6.45) is 6.68. The van der Waals surface area contributed by atoms with E-state index in [2.05, 4.69) is 24.8 Å². The molecule has 3 aromatic rings. The van der Waals surface area contributed by atoms with E-state index in [1.165, 1.54) is 18.6 Å². The number of benzene rings is 2. The first kappa shape index (κ1) is 24.4. The van der Waals surface area contributed by atoms with Crippen molar-refractivity contribution in [1.29, 1.82) is 0 Å². The molecule has 2 N–H and O–H groups in total. The fraction of sp³-hybridized carbons (Fsp3) is 0.375. The van der Waals surface area contributed by atoms with E-state index in [0.717, 1.165) is 43.0 Å². The minimum absolute atomic E-state index is 0.133. The Kier molecular flexibility index (Phi) is 8.02. The zero-order chi connectivity index (χ0) is 24.0. The van der Waals surface area contributed by atoms with E-state index in [0.29, 0.717) is 17.9 Å². The van der Waals surface area contributed by atoms with Crippen molar-refractivity contribution in [2.24, 2.45) is 0 Å². The van der Waals surface area contributed by atoms with E-state index >= 15 is 0 Å². The highest BCUT2D eigenvalue weighted by molar-refractivity contribution is 7.98. The van der Waals surface area contributed by atoms with Crippen molar-refractivity contribution >= 4 is 33.4 Å². The number of aryl methyl sites for hydroxylation is 1. The Balaban J connectivity index is 1.47. The molecule has 0 saturated carbocycles. The van der Waals surface area contributed by atoms with Gasteiger partial charge in [0.1, 0.15) is 11.9 Å². The lowest BCUT2D eigenvalue weighted by Gasteiger charge is -2.18. The molecular formula is C24H29N5O3S2. The number of amides is 1. The molecule has 10 heteroatoms. The zero-order valence-corrected chi connectivity index (χ0v) is 20.7. The number of hydrogen-bond donors (Lipinski definition) is 2. The number of hydrogen-bond acceptors (Lipinski definition) is 6. The van der Waals surface area contributed by atoms with Crippen LogP contribution in [0.4, 0.5) is 5.69 Å². The van der Waals surface area contributed by atoms with Gasteiger partial charge in [-0.1, -0.05) is 24.6 Å². The molecule has 34 heavy (non-hydrogen) atoms. The Hall–Kier alpha value is -2.69. The predicted octanol–water partition coefficient (Wildman–Crippen LogP) is 3.71. The van der Waals surface area contributed by atoms with Gasteiger partial charge in [-0.15, -0.1) is 10.2 Å². The summed E-state index contributed by atoms with van der Waals surface area (Å²) in [7, 11) is -3.81. The van der Waals surface area contributed by atoms with E-state index in [4.69, 9.17) is 0 Å². The molecule has 1 aliphatic rings. The molecule has 1 aromatic heterocycles. The highest BCUT2D eigenvalue weighted by atomic mass is 32.2. The average molecular weight is 500 g/mol. The first-order valence-electron chi connectivity index (χ1n) is 11.4. The van der Waals surface area contributed by atoms with Gasteiger partial charge in [-0.25, -0.2) is 8.42 Å². The van der Waals surface area contributed by atoms with Gasteiger partial charge in [0.15, 0.2) is 5.82 Å². The maximum absolute atomic E-state index is 13.0. The van der Waals surface area contributed by atoms with Crippen molar-refractivity contribution in [2.45, 2.75) is 49.6 Å². The molecule has 0 aliphatic carbocycles. The van der Waals surface area contributed by atoms with Gasteiger partial charge in [0.05, 0.1) is 4.90 Å². The van der Waals surface area contributed by atoms with E-state index in [-0.39, 0.29) is 4.90 Å². The molecule has 2 aromatic carbocycles. The molecule has 0 fully saturated rings. The summed E-state index contributed by atoms with van der Waals surface area (Å²) in [4.78, 5) is 13.1. The van der Waals surface area contributed by atoms with Gasteiger partial charge in [-0.2, -0.15) is 16.5 Å². The van der Waals surface area contributed by atoms with Gasteiger partial charge in [-0.05, 0) is 67.7 Å². The van der Waals surface area contributed by atoms with Crippen molar-refractivity contribution < 1.29 is 13.2 Å². The lowest BCUT2D eigenvalue weighted by molar-refractivity contribution is -0.117. The molecule has 8 nitrogen and oxygen atoms in total. The lowest BCUT2D eigenvalue weighted by Crippen LogP contribution is -2.44. The van der Waals surface area contributed by atoms with Crippen molar-refractivity contribution in [3.05, 3.63) is 60.4 Å². The predicted molar refractivity (Wildman–Crippen MR) is 135 cm³/mol. The smallest absolute Gasteiger partial charge is 0.242 e. The summed E-state index contributed by atoms with van der Waals surface area (Å²) in [5, 5.41) is 11.6. The molecule has 1 aliphatic heterocycles. The minimum Gasteiger partial charge on any atom is -0.325 e. The molecule has 180 valence electrons. The number of carbonyl (C=O) groups excluding carboxylic acids is 1. The SMILES string of the molecule is CSCC[C@H](NS(=O)(=O)c1ccccc1)C(=O)Nc1ccc(-c2nnc3n2CCCCC3)cc1. The second-order valence-electron chi connectivity index (χ2n) is 8.24. The topological polar surface area (TPSA) is 106 Å². The van der Waals surface area contributed by atoms with Crippen LogP contribution in [-0.2, 0) is 27.8 Å². The molecule has 0 radical (unpaired) electrons. The second-order valence-corrected chi connectivity index (χ2v) is 10.9. The Labute approximate surface area is 204 Å². The van der Waals surface area contributed by atoms with Crippen LogP contribution < -0.4 is 10.0 Å². The van der Waals surface area contributed by atoms with Crippen LogP contribution in [0.3, 0.4) is 0 Å². The van der Waals surface area contributed by atoms with Gasteiger partial charge in [-0.3, -0.25) is 4.79 Å². The van der Waals surface area contributed by atoms with Crippen LogP contribution >= 0.6 is 11.8 Å². The van der Waals surface area contributed by atoms with Gasteiger partial charge < -0.3 is 9.88 Å². The van der Waals surface area contributed by atoms with Gasteiger partial charge in [0.25, 0.3) is 0 Å². The second kappa shape index (κ2) is 11.2. The van der Waals surface area contributed by atoms with Crippen molar-refractivity contribution in [2.75, 3.05) is 17.3 Å². The Bertz CT molecular complexity index is 1210. The van der Waals surface area contributed by atoms with Gasteiger partial charge in [0, 0.05) is 24.2 Å². The number of fused-ring (bicyclic) bond motifs is 1. The maximum atomic E-state index is 13.0. The van der Waals surface area contributed by atoms with E-state index in [1.54, 1.807) is 30.0 Å². The van der Waals surface area contributed by atoms with E-state index < -0.39 is 22.0 Å². The summed E-state index contributed by atoms with van der Waals surface area (Å²) in [6, 6.07) is 14.6. The van der Waals surface area contributed by atoms with Crippen LogP contribution in [0.1, 0.15) is 31.5 Å². The monoisotopic (exact) mass is 499 g/mol. The third-order valence-corrected chi connectivity index (χ3v) is 7.93. The molecule has 0 spiro atoms. The number of nitrogens with zero attached hydrogens (tertiary/aromatic N) is 3. The number of carbonyl (C=O) groups is 1. The summed E-state index contributed by atoms with van der Waals surface area (Å²) in [5.74, 6) is 2.11. The summed E-state index contributed by atoms with van der Waals surface area (Å²) >= 11 is 1.56. The number of nitrogens with one attached hydrogen (secondary N) is 2. The zero-order valence-electron chi connectivity index (χ0n) is 19.1. The van der Waals surface area contributed by atoms with Crippen LogP contribution in [0.25, 0.3) is 11.4 Å². The first-order valence-corrected chi connectivity index (χ1v) is 14.3. The molecule has 1 amide bonds. The number of anilines is 1. The Morgan fingerprint density at radius 1 is 1.06 bits per heavy atom. The number of sulfonamides is 1. The number of aromatic nitrogens is 3. The molecule has 0 unspecified atom stereocenters. The number of rotatable bonds is 9. The Morgan fingerprint density at radius 2 is 1.82 bits per heavy atom. The van der Waals surface area contributed by atoms with Crippen LogP contribution in [-0.4, -0.2) is 47.1 Å². The molecule has 4 rings (SSSR count). The van der Waals surface area contributed by atoms with Crippen LogP contribution in [0.2, 0.25) is 0 Å². The van der Waals surface area contributed by atoms with Crippen molar-refractivity contribution in [3.63, 3.8) is 0 Å². The van der Waals surface area contributed by atoms with Crippen molar-refractivity contribution in [3.8, 4) is 11.4 Å². The average Bonchev–Trinajstić information content (AvgIpc) is 3.10. The molecular weight excluding hydrogens is 470 g/mol. The van der Waals surface area contributed by atoms with E-state index in [1.807, 2.05) is 30.5 Å². The largest absolute Gasteiger partial charge is 0.325 e. The van der Waals surface area contributed by atoms with E-state index in [9.17, 15) is 13.2 Å². The standard InChI is InChI=1S/C24H29N5O3S2/c1-33-17-15-21(28-34(31,32)20-8-4-2-5-9-20)24(30)25-19-13-11-18(12-14-19)23-27-26-22-10-6-3-7-16-29(22)23/h2,4-5,8-9,11-14,21,28H,3,6-7,10,15-17H2,1H3,(H,25,30)/t21-/m0/s1.